The Balaban J connectivity index is 2.28. The largest absolute Gasteiger partial charge is 0.337 e. The van der Waals surface area contributed by atoms with E-state index in [0.29, 0.717) is 5.82 Å². The lowest BCUT2D eigenvalue weighted by molar-refractivity contribution is 0.974. The fraction of sp³-hybridized carbons (Fsp3) is 0.250. The van der Waals surface area contributed by atoms with Crippen molar-refractivity contribution in [3.8, 4) is 0 Å². The average Bonchev–Trinajstić information content (AvgIpc) is 2.34. The molecule has 0 amide bonds. The van der Waals surface area contributed by atoms with Gasteiger partial charge in [0.2, 0.25) is 5.28 Å². The maximum atomic E-state index is 5.89. The molecule has 18 heavy (non-hydrogen) atoms. The highest BCUT2D eigenvalue weighted by atomic mass is 35.5. The van der Waals surface area contributed by atoms with Gasteiger partial charge < -0.3 is 5.32 Å². The summed E-state index contributed by atoms with van der Waals surface area (Å²) in [6, 6.07) is 6.07. The summed E-state index contributed by atoms with van der Waals surface area (Å²) in [6.07, 6.45) is 1.01. The number of hydrogen-bond acceptors (Lipinski definition) is 4. The molecule has 2 rings (SSSR count). The first-order valence-corrected chi connectivity index (χ1v) is 6.28. The van der Waals surface area contributed by atoms with Gasteiger partial charge >= 0.3 is 0 Å². The molecule has 0 aliphatic rings. The molecule has 0 bridgehead atoms. The zero-order chi connectivity index (χ0) is 13.1. The van der Waals surface area contributed by atoms with Crippen LogP contribution in [0.15, 0.2) is 18.2 Å². The van der Waals surface area contributed by atoms with Crippen LogP contribution in [0.3, 0.4) is 0 Å². The zero-order valence-corrected chi connectivity index (χ0v) is 11.5. The van der Waals surface area contributed by atoms with Gasteiger partial charge in [0.1, 0.15) is 0 Å². The predicted molar refractivity (Wildman–Crippen MR) is 73.7 cm³/mol. The molecule has 0 fully saturated rings. The van der Waals surface area contributed by atoms with E-state index in [1.165, 1.54) is 11.1 Å². The van der Waals surface area contributed by atoms with E-state index >= 15 is 0 Å². The van der Waals surface area contributed by atoms with E-state index in [0.717, 1.165) is 12.1 Å². The van der Waals surface area contributed by atoms with Gasteiger partial charge in [-0.1, -0.05) is 24.6 Å². The van der Waals surface area contributed by atoms with Gasteiger partial charge in [0.05, 0.1) is 0 Å². The Morgan fingerprint density at radius 2 is 2.00 bits per heavy atom. The Hall–Kier alpha value is -1.39. The van der Waals surface area contributed by atoms with Gasteiger partial charge in [-0.3, -0.25) is 0 Å². The highest BCUT2D eigenvalue weighted by Crippen LogP contribution is 2.23. The molecule has 0 radical (unpaired) electrons. The predicted octanol–water partition coefficient (Wildman–Crippen LogP) is 3.79. The minimum Gasteiger partial charge on any atom is -0.337 e. The van der Waals surface area contributed by atoms with Gasteiger partial charge in [0.15, 0.2) is 11.0 Å². The molecule has 1 N–H and O–H groups in total. The first-order chi connectivity index (χ1) is 8.60. The van der Waals surface area contributed by atoms with Crippen LogP contribution in [0.4, 0.5) is 11.5 Å². The smallest absolute Gasteiger partial charge is 0.245 e. The van der Waals surface area contributed by atoms with Crippen molar-refractivity contribution in [2.75, 3.05) is 5.32 Å². The van der Waals surface area contributed by atoms with Crippen LogP contribution in [0, 0.1) is 6.92 Å². The molecular formula is C12H12Cl2N4. The maximum absolute atomic E-state index is 5.89. The molecule has 1 heterocycles. The summed E-state index contributed by atoms with van der Waals surface area (Å²) in [5, 5.41) is 10.6. The van der Waals surface area contributed by atoms with Gasteiger partial charge in [0.25, 0.3) is 0 Å². The molecule has 0 aliphatic carbocycles. The lowest BCUT2D eigenvalue weighted by atomic mass is 10.1. The molecule has 1 aromatic carbocycles. The van der Waals surface area contributed by atoms with Gasteiger partial charge in [-0.25, -0.2) is 0 Å². The summed E-state index contributed by atoms with van der Waals surface area (Å²) in [6.45, 7) is 4.19. The zero-order valence-electron chi connectivity index (χ0n) is 10.0. The molecular weight excluding hydrogens is 271 g/mol. The minimum absolute atomic E-state index is 0.0591. The summed E-state index contributed by atoms with van der Waals surface area (Å²) < 4.78 is 0. The van der Waals surface area contributed by atoms with Crippen LogP contribution in [-0.2, 0) is 6.42 Å². The number of anilines is 2. The standard InChI is InChI=1S/C12H12Cl2N4/c1-3-8-4-5-9(6-7(8)2)15-11-10(13)17-18-12(14)16-11/h4-6H,3H2,1-2H3,(H,15,16,18). The SMILES string of the molecule is CCc1ccc(Nc2nc(Cl)nnc2Cl)cc1C. The third-order valence-corrected chi connectivity index (χ3v) is 3.02. The molecule has 4 nitrogen and oxygen atoms in total. The fourth-order valence-corrected chi connectivity index (χ4v) is 1.93. The quantitative estimate of drug-likeness (QED) is 0.931. The lowest BCUT2D eigenvalue weighted by Crippen LogP contribution is -1.99. The van der Waals surface area contributed by atoms with Gasteiger partial charge in [-0.2, -0.15) is 4.98 Å². The minimum atomic E-state index is 0.0591. The summed E-state index contributed by atoms with van der Waals surface area (Å²) in [5.74, 6) is 0.403. The van der Waals surface area contributed by atoms with E-state index in [9.17, 15) is 0 Å². The van der Waals surface area contributed by atoms with E-state index in [1.54, 1.807) is 0 Å². The van der Waals surface area contributed by atoms with Crippen LogP contribution in [0.5, 0.6) is 0 Å². The molecule has 1 aromatic heterocycles. The summed E-state index contributed by atoms with van der Waals surface area (Å²) >= 11 is 11.6. The number of nitrogens with one attached hydrogen (secondary N) is 1. The van der Waals surface area contributed by atoms with Crippen LogP contribution in [0.25, 0.3) is 0 Å². The molecule has 0 spiro atoms. The Labute approximate surface area is 115 Å². The van der Waals surface area contributed by atoms with Crippen LogP contribution in [-0.4, -0.2) is 15.2 Å². The molecule has 6 heteroatoms. The highest BCUT2D eigenvalue weighted by molar-refractivity contribution is 6.32. The van der Waals surface area contributed by atoms with Crippen LogP contribution in [0.2, 0.25) is 10.4 Å². The number of aromatic nitrogens is 3. The van der Waals surface area contributed by atoms with Gasteiger partial charge in [-0.05, 0) is 48.2 Å². The second kappa shape index (κ2) is 5.50. The fourth-order valence-electron chi connectivity index (χ4n) is 1.68. The Kier molecular flexibility index (Phi) is 3.99. The number of hydrogen-bond donors (Lipinski definition) is 1. The second-order valence-corrected chi connectivity index (χ2v) is 4.54. The highest BCUT2D eigenvalue weighted by Gasteiger charge is 2.07. The van der Waals surface area contributed by atoms with Crippen molar-refractivity contribution < 1.29 is 0 Å². The van der Waals surface area contributed by atoms with E-state index in [1.807, 2.05) is 12.1 Å². The second-order valence-electron chi connectivity index (χ2n) is 3.84. The molecule has 0 atom stereocenters. The van der Waals surface area contributed by atoms with Crippen molar-refractivity contribution in [2.45, 2.75) is 20.3 Å². The van der Waals surface area contributed by atoms with Crippen molar-refractivity contribution in [1.82, 2.24) is 15.2 Å². The number of benzene rings is 1. The number of halogens is 2. The van der Waals surface area contributed by atoms with Crippen LogP contribution >= 0.6 is 23.2 Å². The van der Waals surface area contributed by atoms with E-state index in [4.69, 9.17) is 23.2 Å². The molecule has 0 saturated heterocycles. The van der Waals surface area contributed by atoms with E-state index in [2.05, 4.69) is 40.4 Å². The summed E-state index contributed by atoms with van der Waals surface area (Å²) in [5.41, 5.74) is 3.42. The van der Waals surface area contributed by atoms with E-state index < -0.39 is 0 Å². The molecule has 0 aliphatic heterocycles. The van der Waals surface area contributed by atoms with Crippen LogP contribution in [0.1, 0.15) is 18.1 Å². The topological polar surface area (TPSA) is 50.7 Å². The first-order valence-electron chi connectivity index (χ1n) is 5.52. The third kappa shape index (κ3) is 2.89. The number of aryl methyl sites for hydroxylation is 2. The Morgan fingerprint density at radius 3 is 2.67 bits per heavy atom. The summed E-state index contributed by atoms with van der Waals surface area (Å²) in [4.78, 5) is 3.99. The number of rotatable bonds is 3. The van der Waals surface area contributed by atoms with E-state index in [-0.39, 0.29) is 10.4 Å². The van der Waals surface area contributed by atoms with Crippen molar-refractivity contribution in [3.05, 3.63) is 39.8 Å². The van der Waals surface area contributed by atoms with Crippen molar-refractivity contribution in [1.29, 1.82) is 0 Å². The molecule has 0 unspecified atom stereocenters. The molecule has 2 aromatic rings. The molecule has 94 valence electrons. The molecule has 0 saturated carbocycles. The maximum Gasteiger partial charge on any atom is 0.245 e. The van der Waals surface area contributed by atoms with Gasteiger partial charge in [0, 0.05) is 5.69 Å². The number of nitrogens with zero attached hydrogens (tertiary/aromatic N) is 3. The summed E-state index contributed by atoms with van der Waals surface area (Å²) in [7, 11) is 0. The first kappa shape index (κ1) is 13.1. The lowest BCUT2D eigenvalue weighted by Gasteiger charge is -2.09. The normalized spacial score (nSPS) is 10.4. The third-order valence-electron chi connectivity index (χ3n) is 2.61. The monoisotopic (exact) mass is 282 g/mol. The van der Waals surface area contributed by atoms with Crippen LogP contribution < -0.4 is 5.32 Å². The van der Waals surface area contributed by atoms with Crippen molar-refractivity contribution in [2.24, 2.45) is 0 Å². The van der Waals surface area contributed by atoms with Crippen molar-refractivity contribution >= 4 is 34.7 Å². The van der Waals surface area contributed by atoms with Gasteiger partial charge in [-0.15, -0.1) is 10.2 Å². The Bertz CT molecular complexity index is 572. The Morgan fingerprint density at radius 1 is 1.22 bits per heavy atom. The average molecular weight is 283 g/mol. The van der Waals surface area contributed by atoms with Crippen molar-refractivity contribution in [3.63, 3.8) is 0 Å².